The van der Waals surface area contributed by atoms with Gasteiger partial charge in [-0.15, -0.1) is 0 Å². The summed E-state index contributed by atoms with van der Waals surface area (Å²) in [6.45, 7) is 0. The molecule has 0 aliphatic heterocycles. The molecular weight excluding hydrogens is 324 g/mol. The topological polar surface area (TPSA) is 119 Å². The normalized spacial score (nSPS) is 10.9. The minimum atomic E-state index is -4.02. The molecule has 0 atom stereocenters. The molecule has 0 saturated heterocycles. The number of amides is 2. The summed E-state index contributed by atoms with van der Waals surface area (Å²) >= 11 is 0. The van der Waals surface area contributed by atoms with Crippen molar-refractivity contribution in [2.75, 3.05) is 12.4 Å². The van der Waals surface area contributed by atoms with Crippen LogP contribution in [-0.4, -0.2) is 37.3 Å². The van der Waals surface area contributed by atoms with E-state index in [0.29, 0.717) is 5.69 Å². The fraction of sp³-hybridized carbons (Fsp3) is 0.154. The second kappa shape index (κ2) is 6.48. The van der Waals surface area contributed by atoms with E-state index in [9.17, 15) is 18.0 Å². The molecule has 2 N–H and O–H groups in total. The van der Waals surface area contributed by atoms with Crippen LogP contribution in [0.4, 0.5) is 10.5 Å². The van der Waals surface area contributed by atoms with Gasteiger partial charge in [0.15, 0.2) is 0 Å². The molecule has 1 heterocycles. The van der Waals surface area contributed by atoms with Gasteiger partial charge < -0.3 is 4.74 Å². The SMILES string of the molecule is COC(=O)Nc1cccc(C(=O)NS(=O)(=O)c2cnn(C)c2)c1. The highest BCUT2D eigenvalue weighted by molar-refractivity contribution is 7.90. The predicted molar refractivity (Wildman–Crippen MR) is 80.3 cm³/mol. The first-order chi connectivity index (χ1) is 10.8. The van der Waals surface area contributed by atoms with Crippen LogP contribution in [0.15, 0.2) is 41.6 Å². The molecule has 0 spiro atoms. The van der Waals surface area contributed by atoms with E-state index in [0.717, 1.165) is 6.20 Å². The highest BCUT2D eigenvalue weighted by atomic mass is 32.2. The molecule has 0 aliphatic rings. The Bertz CT molecular complexity index is 844. The van der Waals surface area contributed by atoms with Gasteiger partial charge in [0.1, 0.15) is 4.90 Å². The van der Waals surface area contributed by atoms with Gasteiger partial charge in [-0.1, -0.05) is 6.07 Å². The number of aryl methyl sites for hydroxylation is 1. The first kappa shape index (κ1) is 16.5. The Morgan fingerprint density at radius 1 is 1.30 bits per heavy atom. The lowest BCUT2D eigenvalue weighted by molar-refractivity contribution is 0.0981. The Labute approximate surface area is 132 Å². The van der Waals surface area contributed by atoms with Crippen LogP contribution in [0.5, 0.6) is 0 Å². The van der Waals surface area contributed by atoms with Crippen molar-refractivity contribution in [2.45, 2.75) is 4.90 Å². The van der Waals surface area contributed by atoms with Crippen LogP contribution < -0.4 is 10.0 Å². The van der Waals surface area contributed by atoms with E-state index in [1.54, 1.807) is 7.05 Å². The molecule has 1 aromatic carbocycles. The summed E-state index contributed by atoms with van der Waals surface area (Å²) in [7, 11) is -1.26. The monoisotopic (exact) mass is 338 g/mol. The first-order valence-electron chi connectivity index (χ1n) is 6.32. The number of carbonyl (C=O) groups excluding carboxylic acids is 2. The smallest absolute Gasteiger partial charge is 0.411 e. The molecular formula is C13H14N4O5S. The van der Waals surface area contributed by atoms with Crippen molar-refractivity contribution in [3.8, 4) is 0 Å². The van der Waals surface area contributed by atoms with Crippen molar-refractivity contribution in [2.24, 2.45) is 7.05 Å². The summed E-state index contributed by atoms with van der Waals surface area (Å²) in [5.74, 6) is -0.831. The van der Waals surface area contributed by atoms with Crippen molar-refractivity contribution >= 4 is 27.7 Å². The van der Waals surface area contributed by atoms with Crippen molar-refractivity contribution in [3.63, 3.8) is 0 Å². The molecule has 0 unspecified atom stereocenters. The molecule has 0 saturated carbocycles. The highest BCUT2D eigenvalue weighted by Gasteiger charge is 2.20. The lowest BCUT2D eigenvalue weighted by atomic mass is 10.2. The molecule has 10 heteroatoms. The number of hydrogen-bond acceptors (Lipinski definition) is 6. The van der Waals surface area contributed by atoms with E-state index in [-0.39, 0.29) is 10.5 Å². The standard InChI is InChI=1S/C13H14N4O5S/c1-17-8-11(7-14-17)23(20,21)16-12(18)9-4-3-5-10(6-9)15-13(19)22-2/h3-8H,1-2H3,(H,15,19)(H,16,18). The lowest BCUT2D eigenvalue weighted by Gasteiger charge is -2.07. The first-order valence-corrected chi connectivity index (χ1v) is 7.81. The van der Waals surface area contributed by atoms with Gasteiger partial charge in [-0.3, -0.25) is 14.8 Å². The number of hydrogen-bond donors (Lipinski definition) is 2. The van der Waals surface area contributed by atoms with Gasteiger partial charge in [-0.05, 0) is 18.2 Å². The minimum absolute atomic E-state index is 0.0615. The van der Waals surface area contributed by atoms with Crippen LogP contribution in [-0.2, 0) is 21.8 Å². The third-order valence-corrected chi connectivity index (χ3v) is 4.06. The number of sulfonamides is 1. The van der Waals surface area contributed by atoms with Crippen LogP contribution >= 0.6 is 0 Å². The Morgan fingerprint density at radius 2 is 2.04 bits per heavy atom. The van der Waals surface area contributed by atoms with Crippen LogP contribution in [0.3, 0.4) is 0 Å². The summed E-state index contributed by atoms with van der Waals surface area (Å²) in [5.41, 5.74) is 0.356. The second-order valence-corrected chi connectivity index (χ2v) is 6.16. The van der Waals surface area contributed by atoms with E-state index in [1.165, 1.54) is 42.3 Å². The maximum Gasteiger partial charge on any atom is 0.411 e. The Hall–Kier alpha value is -2.88. The number of methoxy groups -OCH3 is 1. The molecule has 1 aromatic heterocycles. The highest BCUT2D eigenvalue weighted by Crippen LogP contribution is 2.13. The van der Waals surface area contributed by atoms with Gasteiger partial charge in [0.05, 0.1) is 13.3 Å². The largest absolute Gasteiger partial charge is 0.453 e. The van der Waals surface area contributed by atoms with Gasteiger partial charge in [-0.2, -0.15) is 5.10 Å². The number of benzene rings is 1. The Kier molecular flexibility index (Phi) is 4.65. The number of anilines is 1. The lowest BCUT2D eigenvalue weighted by Crippen LogP contribution is -2.30. The maximum atomic E-state index is 12.1. The van der Waals surface area contributed by atoms with Crippen molar-refractivity contribution in [1.82, 2.24) is 14.5 Å². The molecule has 2 amide bonds. The van der Waals surface area contributed by atoms with E-state index >= 15 is 0 Å². The summed E-state index contributed by atoms with van der Waals surface area (Å²) in [6, 6.07) is 5.77. The molecule has 0 aliphatic carbocycles. The third kappa shape index (κ3) is 4.07. The van der Waals surface area contributed by atoms with Crippen LogP contribution in [0.25, 0.3) is 0 Å². The van der Waals surface area contributed by atoms with Gasteiger partial charge in [0, 0.05) is 24.5 Å². The number of aromatic nitrogens is 2. The van der Waals surface area contributed by atoms with Crippen molar-refractivity contribution < 1.29 is 22.7 Å². The zero-order valence-electron chi connectivity index (χ0n) is 12.3. The molecule has 0 bridgehead atoms. The summed E-state index contributed by atoms with van der Waals surface area (Å²) in [5, 5.41) is 6.12. The number of ether oxygens (including phenoxy) is 1. The van der Waals surface area contributed by atoms with Crippen molar-refractivity contribution in [1.29, 1.82) is 0 Å². The molecule has 122 valence electrons. The fourth-order valence-corrected chi connectivity index (χ4v) is 2.64. The van der Waals surface area contributed by atoms with E-state index < -0.39 is 22.0 Å². The van der Waals surface area contributed by atoms with Crippen molar-refractivity contribution in [3.05, 3.63) is 42.2 Å². The molecule has 9 nitrogen and oxygen atoms in total. The van der Waals surface area contributed by atoms with E-state index in [1.807, 2.05) is 4.72 Å². The van der Waals surface area contributed by atoms with Gasteiger partial charge >= 0.3 is 6.09 Å². The number of nitrogens with zero attached hydrogens (tertiary/aromatic N) is 2. The van der Waals surface area contributed by atoms with Crippen LogP contribution in [0.2, 0.25) is 0 Å². The number of carbonyl (C=O) groups is 2. The molecule has 0 radical (unpaired) electrons. The minimum Gasteiger partial charge on any atom is -0.453 e. The molecule has 23 heavy (non-hydrogen) atoms. The molecule has 2 rings (SSSR count). The zero-order valence-corrected chi connectivity index (χ0v) is 13.1. The zero-order chi connectivity index (χ0) is 17.0. The fourth-order valence-electron chi connectivity index (χ4n) is 1.68. The summed E-state index contributed by atoms with van der Waals surface area (Å²) in [6.07, 6.45) is 1.70. The average molecular weight is 338 g/mol. The maximum absolute atomic E-state index is 12.1. The average Bonchev–Trinajstić information content (AvgIpc) is 2.94. The van der Waals surface area contributed by atoms with Crippen LogP contribution in [0.1, 0.15) is 10.4 Å². The quantitative estimate of drug-likeness (QED) is 0.847. The van der Waals surface area contributed by atoms with E-state index in [4.69, 9.17) is 0 Å². The van der Waals surface area contributed by atoms with E-state index in [2.05, 4.69) is 15.2 Å². The predicted octanol–water partition coefficient (Wildman–Crippen LogP) is 0.717. The van der Waals surface area contributed by atoms with Gasteiger partial charge in [-0.25, -0.2) is 17.9 Å². The molecule has 0 fully saturated rings. The number of rotatable bonds is 4. The second-order valence-electron chi connectivity index (χ2n) is 4.48. The third-order valence-electron chi connectivity index (χ3n) is 2.78. The Morgan fingerprint density at radius 3 is 2.65 bits per heavy atom. The summed E-state index contributed by atoms with van der Waals surface area (Å²) < 4.78 is 31.8. The van der Waals surface area contributed by atoms with Gasteiger partial charge in [0.25, 0.3) is 15.9 Å². The molecule has 2 aromatic rings. The van der Waals surface area contributed by atoms with Gasteiger partial charge in [0.2, 0.25) is 0 Å². The Balaban J connectivity index is 2.17. The van der Waals surface area contributed by atoms with Crippen LogP contribution in [0, 0.1) is 0 Å². The number of nitrogens with one attached hydrogen (secondary N) is 2. The summed E-state index contributed by atoms with van der Waals surface area (Å²) in [4.78, 5) is 23.1.